The molecule has 3 aromatic rings. The quantitative estimate of drug-likeness (QED) is 0.349. The van der Waals surface area contributed by atoms with Gasteiger partial charge in [0.25, 0.3) is 0 Å². The number of ether oxygens (including phenoxy) is 1. The van der Waals surface area contributed by atoms with Crippen molar-refractivity contribution in [3.63, 3.8) is 0 Å². The van der Waals surface area contributed by atoms with Crippen LogP contribution in [0.3, 0.4) is 0 Å². The summed E-state index contributed by atoms with van der Waals surface area (Å²) in [6, 6.07) is 12.0. The van der Waals surface area contributed by atoms with E-state index in [9.17, 15) is 9.59 Å². The maximum Gasteiger partial charge on any atom is 0.248 e. The SMILES string of the molecule is COC[C@H]1C(=O)N(Cc2ccc3c(N)ncnc3c2)CCN1C(=O)Cc1cccc(C(=N)N)c1. The predicted molar refractivity (Wildman–Crippen MR) is 128 cm³/mol. The molecule has 0 radical (unpaired) electrons. The molecule has 0 saturated carbocycles. The number of nitrogens with zero attached hydrogens (tertiary/aromatic N) is 4. The minimum absolute atomic E-state index is 0.0572. The van der Waals surface area contributed by atoms with Crippen LogP contribution in [0.25, 0.3) is 10.9 Å². The van der Waals surface area contributed by atoms with Gasteiger partial charge in [-0.25, -0.2) is 9.97 Å². The smallest absolute Gasteiger partial charge is 0.248 e. The third-order valence-electron chi connectivity index (χ3n) is 5.93. The highest BCUT2D eigenvalue weighted by molar-refractivity contribution is 5.95. The lowest BCUT2D eigenvalue weighted by Crippen LogP contribution is -2.60. The van der Waals surface area contributed by atoms with E-state index < -0.39 is 6.04 Å². The Labute approximate surface area is 197 Å². The molecule has 0 bridgehead atoms. The van der Waals surface area contributed by atoms with Crippen molar-refractivity contribution in [1.29, 1.82) is 5.41 Å². The van der Waals surface area contributed by atoms with E-state index in [2.05, 4.69) is 9.97 Å². The Morgan fingerprint density at radius 1 is 1.18 bits per heavy atom. The minimum Gasteiger partial charge on any atom is -0.384 e. The molecule has 0 spiro atoms. The van der Waals surface area contributed by atoms with Gasteiger partial charge < -0.3 is 26.0 Å². The highest BCUT2D eigenvalue weighted by atomic mass is 16.5. The largest absolute Gasteiger partial charge is 0.384 e. The molecule has 2 aromatic carbocycles. The molecule has 176 valence electrons. The Morgan fingerprint density at radius 3 is 2.76 bits per heavy atom. The van der Waals surface area contributed by atoms with Crippen LogP contribution in [0.4, 0.5) is 5.82 Å². The second-order valence-electron chi connectivity index (χ2n) is 8.22. The summed E-state index contributed by atoms with van der Waals surface area (Å²) in [6.07, 6.45) is 1.53. The number of piperazine rings is 1. The van der Waals surface area contributed by atoms with E-state index in [0.717, 1.165) is 16.5 Å². The highest BCUT2D eigenvalue weighted by Crippen LogP contribution is 2.21. The zero-order valence-electron chi connectivity index (χ0n) is 18.9. The van der Waals surface area contributed by atoms with E-state index in [4.69, 9.17) is 21.6 Å². The van der Waals surface area contributed by atoms with Gasteiger partial charge in [-0.2, -0.15) is 0 Å². The number of aromatic nitrogens is 2. The summed E-state index contributed by atoms with van der Waals surface area (Å²) < 4.78 is 5.29. The van der Waals surface area contributed by atoms with Crippen LogP contribution in [0, 0.1) is 5.41 Å². The van der Waals surface area contributed by atoms with Gasteiger partial charge in [-0.15, -0.1) is 0 Å². The van der Waals surface area contributed by atoms with Gasteiger partial charge in [0.2, 0.25) is 11.8 Å². The van der Waals surface area contributed by atoms with Crippen molar-refractivity contribution in [3.05, 3.63) is 65.5 Å². The van der Waals surface area contributed by atoms with Crippen molar-refractivity contribution < 1.29 is 14.3 Å². The molecule has 0 unspecified atom stereocenters. The number of methoxy groups -OCH3 is 1. The zero-order chi connectivity index (χ0) is 24.2. The molecule has 1 atom stereocenters. The van der Waals surface area contributed by atoms with Crippen LogP contribution < -0.4 is 11.5 Å². The molecule has 10 heteroatoms. The highest BCUT2D eigenvalue weighted by Gasteiger charge is 2.37. The Hall–Kier alpha value is -4.05. The van der Waals surface area contributed by atoms with Crippen LogP contribution in [-0.2, 0) is 27.3 Å². The monoisotopic (exact) mass is 461 g/mol. The third kappa shape index (κ3) is 4.81. The number of amidine groups is 1. The molecule has 1 fully saturated rings. The number of hydrogen-bond acceptors (Lipinski definition) is 7. The number of hydrogen-bond donors (Lipinski definition) is 3. The van der Waals surface area contributed by atoms with Crippen LogP contribution in [0.5, 0.6) is 0 Å². The lowest BCUT2D eigenvalue weighted by Gasteiger charge is -2.40. The van der Waals surface area contributed by atoms with Gasteiger partial charge >= 0.3 is 0 Å². The Bertz CT molecular complexity index is 1250. The Morgan fingerprint density at radius 2 is 2.00 bits per heavy atom. The van der Waals surface area contributed by atoms with Crippen molar-refractivity contribution in [1.82, 2.24) is 19.8 Å². The van der Waals surface area contributed by atoms with Crippen molar-refractivity contribution in [3.8, 4) is 0 Å². The van der Waals surface area contributed by atoms with E-state index >= 15 is 0 Å². The summed E-state index contributed by atoms with van der Waals surface area (Å²) in [7, 11) is 1.51. The molecule has 10 nitrogen and oxygen atoms in total. The normalized spacial score (nSPS) is 16.1. The summed E-state index contributed by atoms with van der Waals surface area (Å²) in [5.74, 6) is 0.0156. The van der Waals surface area contributed by atoms with E-state index in [1.807, 2.05) is 24.3 Å². The maximum absolute atomic E-state index is 13.3. The molecule has 1 saturated heterocycles. The number of nitrogens with two attached hydrogens (primary N) is 2. The van der Waals surface area contributed by atoms with Gasteiger partial charge in [0.15, 0.2) is 0 Å². The van der Waals surface area contributed by atoms with Crippen LogP contribution in [-0.4, -0.2) is 70.3 Å². The minimum atomic E-state index is -0.708. The van der Waals surface area contributed by atoms with Crippen LogP contribution >= 0.6 is 0 Å². The number of nitrogens with one attached hydrogen (secondary N) is 1. The number of carbonyl (C=O) groups is 2. The molecule has 1 aliphatic heterocycles. The average Bonchev–Trinajstić information content (AvgIpc) is 2.82. The number of benzene rings is 2. The zero-order valence-corrected chi connectivity index (χ0v) is 18.9. The number of rotatable bonds is 7. The van der Waals surface area contributed by atoms with Gasteiger partial charge in [0.05, 0.1) is 18.5 Å². The van der Waals surface area contributed by atoms with Gasteiger partial charge in [-0.05, 0) is 29.3 Å². The summed E-state index contributed by atoms with van der Waals surface area (Å²) in [6.45, 7) is 1.30. The van der Waals surface area contributed by atoms with Crippen LogP contribution in [0.2, 0.25) is 0 Å². The fraction of sp³-hybridized carbons (Fsp3) is 0.292. The first-order valence-corrected chi connectivity index (χ1v) is 10.9. The molecule has 1 aliphatic rings. The first kappa shape index (κ1) is 23.1. The second kappa shape index (κ2) is 9.84. The summed E-state index contributed by atoms with van der Waals surface area (Å²) >= 11 is 0. The number of fused-ring (bicyclic) bond motifs is 1. The fourth-order valence-electron chi connectivity index (χ4n) is 4.18. The van der Waals surface area contributed by atoms with E-state index in [1.54, 1.807) is 28.0 Å². The van der Waals surface area contributed by atoms with Crippen LogP contribution in [0.15, 0.2) is 48.8 Å². The van der Waals surface area contributed by atoms with Crippen molar-refractivity contribution in [2.45, 2.75) is 19.0 Å². The van der Waals surface area contributed by atoms with Gasteiger partial charge in [-0.3, -0.25) is 15.0 Å². The lowest BCUT2D eigenvalue weighted by atomic mass is 10.0. The fourth-order valence-corrected chi connectivity index (χ4v) is 4.18. The molecule has 5 N–H and O–H groups in total. The third-order valence-corrected chi connectivity index (χ3v) is 5.93. The maximum atomic E-state index is 13.3. The molecule has 2 amide bonds. The van der Waals surface area contributed by atoms with Crippen molar-refractivity contribution >= 4 is 34.4 Å². The topological polar surface area (TPSA) is 152 Å². The van der Waals surface area contributed by atoms with Gasteiger partial charge in [-0.1, -0.05) is 24.3 Å². The predicted octanol–water partition coefficient (Wildman–Crippen LogP) is 0.925. The van der Waals surface area contributed by atoms with Crippen molar-refractivity contribution in [2.75, 3.05) is 32.5 Å². The summed E-state index contributed by atoms with van der Waals surface area (Å²) in [5.41, 5.74) is 14.4. The van der Waals surface area contributed by atoms with Gasteiger partial charge in [0, 0.05) is 37.7 Å². The Kier molecular flexibility index (Phi) is 6.69. The molecule has 4 rings (SSSR count). The summed E-state index contributed by atoms with van der Waals surface area (Å²) in [4.78, 5) is 38.0. The number of anilines is 1. The second-order valence-corrected chi connectivity index (χ2v) is 8.22. The van der Waals surface area contributed by atoms with E-state index in [-0.39, 0.29) is 30.7 Å². The molecule has 2 heterocycles. The van der Waals surface area contributed by atoms with Gasteiger partial charge in [0.1, 0.15) is 24.0 Å². The molecule has 34 heavy (non-hydrogen) atoms. The average molecular weight is 462 g/mol. The number of carbonyl (C=O) groups excluding carboxylic acids is 2. The number of amides is 2. The first-order valence-electron chi connectivity index (χ1n) is 10.9. The molecule has 0 aliphatic carbocycles. The number of nitrogen functional groups attached to an aromatic ring is 2. The Balaban J connectivity index is 1.48. The standard InChI is InChI=1S/C24H27N7O3/c1-34-13-20-24(33)30(12-16-5-6-18-19(10-16)28-14-29-23(18)27)7-8-31(20)21(32)11-15-3-2-4-17(9-15)22(25)26/h2-6,9-10,14,20H,7-8,11-13H2,1H3,(H3,25,26)(H2,27,28,29)/t20-/m0/s1. The molecular formula is C24H27N7O3. The van der Waals surface area contributed by atoms with Crippen LogP contribution in [0.1, 0.15) is 16.7 Å². The van der Waals surface area contributed by atoms with Crippen molar-refractivity contribution in [2.24, 2.45) is 5.73 Å². The van der Waals surface area contributed by atoms with E-state index in [1.165, 1.54) is 13.4 Å². The molecule has 1 aromatic heterocycles. The molecular weight excluding hydrogens is 434 g/mol. The first-order chi connectivity index (χ1) is 16.4. The van der Waals surface area contributed by atoms with E-state index in [0.29, 0.717) is 36.5 Å². The summed E-state index contributed by atoms with van der Waals surface area (Å²) in [5, 5.41) is 8.36. The lowest BCUT2D eigenvalue weighted by molar-refractivity contribution is -0.154.